The average molecular weight is 478 g/mol. The zero-order valence-corrected chi connectivity index (χ0v) is 17.6. The topological polar surface area (TPSA) is 47.9 Å². The Bertz CT molecular complexity index is 707. The number of amides is 1. The number of nitrogens with zero attached hydrogens (tertiary/aromatic N) is 3. The van der Waals surface area contributed by atoms with E-state index in [0.717, 1.165) is 11.6 Å². The van der Waals surface area contributed by atoms with Gasteiger partial charge in [0.05, 0.1) is 0 Å². The summed E-state index contributed by atoms with van der Waals surface area (Å²) in [5, 5.41) is 3.16. The lowest BCUT2D eigenvalue weighted by molar-refractivity contribution is -0.127. The van der Waals surface area contributed by atoms with Gasteiger partial charge >= 0.3 is 0 Å². The maximum atomic E-state index is 13.9. The predicted octanol–water partition coefficient (Wildman–Crippen LogP) is 2.55. The number of hydrogen-bond acceptors (Lipinski definition) is 2. The first-order valence-electron chi connectivity index (χ1n) is 8.12. The third-order valence-electron chi connectivity index (χ3n) is 3.96. The molecule has 0 unspecified atom stereocenters. The summed E-state index contributed by atoms with van der Waals surface area (Å²) in [5.74, 6) is -0.683. The fraction of sp³-hybridized carbons (Fsp3) is 0.444. The van der Waals surface area contributed by atoms with Crippen molar-refractivity contribution in [2.75, 3.05) is 33.7 Å². The van der Waals surface area contributed by atoms with E-state index in [1.165, 1.54) is 11.0 Å². The molecule has 0 radical (unpaired) electrons. The fourth-order valence-corrected chi connectivity index (χ4v) is 2.57. The van der Waals surface area contributed by atoms with E-state index in [2.05, 4.69) is 16.9 Å². The SMILES string of the molecule is C=C(C)CNC(=NCC(=O)N(C)C)N1CCc2c(F)cc(F)cc2C1.I. The zero-order chi connectivity index (χ0) is 18.6. The molecule has 0 saturated carbocycles. The lowest BCUT2D eigenvalue weighted by Gasteiger charge is -2.32. The summed E-state index contributed by atoms with van der Waals surface area (Å²) in [4.78, 5) is 19.5. The molecule has 0 atom stereocenters. The second kappa shape index (κ2) is 9.84. The summed E-state index contributed by atoms with van der Waals surface area (Å²) in [7, 11) is 3.34. The maximum Gasteiger partial charge on any atom is 0.243 e. The normalized spacial score (nSPS) is 13.6. The number of halogens is 3. The number of nitrogens with one attached hydrogen (secondary N) is 1. The van der Waals surface area contributed by atoms with Gasteiger partial charge in [-0.3, -0.25) is 4.79 Å². The highest BCUT2D eigenvalue weighted by Crippen LogP contribution is 2.23. The van der Waals surface area contributed by atoms with Gasteiger partial charge in [0, 0.05) is 39.8 Å². The number of benzene rings is 1. The Hall–Kier alpha value is -1.71. The molecule has 0 aromatic heterocycles. The first-order chi connectivity index (χ1) is 11.8. The minimum Gasteiger partial charge on any atom is -0.352 e. The molecule has 1 heterocycles. The van der Waals surface area contributed by atoms with E-state index in [-0.39, 0.29) is 36.4 Å². The summed E-state index contributed by atoms with van der Waals surface area (Å²) < 4.78 is 27.4. The van der Waals surface area contributed by atoms with Crippen LogP contribution in [0.25, 0.3) is 0 Å². The van der Waals surface area contributed by atoms with E-state index < -0.39 is 11.6 Å². The van der Waals surface area contributed by atoms with Crippen LogP contribution >= 0.6 is 24.0 Å². The molecule has 1 aromatic rings. The molecule has 0 fully saturated rings. The van der Waals surface area contributed by atoms with Crippen molar-refractivity contribution in [2.24, 2.45) is 4.99 Å². The maximum absolute atomic E-state index is 13.9. The lowest BCUT2D eigenvalue weighted by Crippen LogP contribution is -2.45. The van der Waals surface area contributed by atoms with Gasteiger partial charge in [-0.25, -0.2) is 13.8 Å². The van der Waals surface area contributed by atoms with Gasteiger partial charge in [0.1, 0.15) is 18.2 Å². The summed E-state index contributed by atoms with van der Waals surface area (Å²) in [5.41, 5.74) is 2.06. The van der Waals surface area contributed by atoms with Crippen molar-refractivity contribution in [2.45, 2.75) is 19.9 Å². The Morgan fingerprint density at radius 3 is 2.69 bits per heavy atom. The van der Waals surface area contributed by atoms with Gasteiger partial charge in [0.25, 0.3) is 0 Å². The molecular weight excluding hydrogens is 453 g/mol. The molecule has 144 valence electrons. The molecule has 0 bridgehead atoms. The number of likely N-dealkylation sites (N-methyl/N-ethyl adjacent to an activating group) is 1. The van der Waals surface area contributed by atoms with Crippen molar-refractivity contribution in [1.29, 1.82) is 0 Å². The van der Waals surface area contributed by atoms with Crippen molar-refractivity contribution in [3.63, 3.8) is 0 Å². The standard InChI is InChI=1S/C18H24F2N4O.HI/c1-12(2)9-21-18(22-10-17(25)23(3)4)24-6-5-15-13(11-24)7-14(19)8-16(15)20;/h7-8H,1,5-6,9-11H2,2-4H3,(H,21,22);1H. The van der Waals surface area contributed by atoms with Crippen LogP contribution in [-0.4, -0.2) is 55.4 Å². The first kappa shape index (κ1) is 22.3. The molecule has 0 aliphatic carbocycles. The summed E-state index contributed by atoms with van der Waals surface area (Å²) in [6.07, 6.45) is 0.455. The molecule has 0 saturated heterocycles. The van der Waals surface area contributed by atoms with Gasteiger partial charge in [-0.15, -0.1) is 24.0 Å². The summed E-state index contributed by atoms with van der Waals surface area (Å²) in [6.45, 7) is 7.11. The van der Waals surface area contributed by atoms with E-state index in [1.807, 2.05) is 11.8 Å². The smallest absolute Gasteiger partial charge is 0.243 e. The molecular formula is C18H25F2IN4O. The average Bonchev–Trinajstić information content (AvgIpc) is 2.53. The van der Waals surface area contributed by atoms with Gasteiger partial charge < -0.3 is 15.1 Å². The summed E-state index contributed by atoms with van der Waals surface area (Å²) >= 11 is 0. The van der Waals surface area contributed by atoms with Crippen LogP contribution in [0.4, 0.5) is 8.78 Å². The zero-order valence-electron chi connectivity index (χ0n) is 15.3. The molecule has 5 nitrogen and oxygen atoms in total. The van der Waals surface area contributed by atoms with Crippen molar-refractivity contribution in [3.05, 3.63) is 47.0 Å². The van der Waals surface area contributed by atoms with E-state index in [0.29, 0.717) is 43.1 Å². The highest BCUT2D eigenvalue weighted by molar-refractivity contribution is 14.0. The monoisotopic (exact) mass is 478 g/mol. The van der Waals surface area contributed by atoms with Crippen molar-refractivity contribution in [3.8, 4) is 0 Å². The molecule has 1 N–H and O–H groups in total. The molecule has 1 amide bonds. The molecule has 2 rings (SSSR count). The second-order valence-electron chi connectivity index (χ2n) is 6.44. The van der Waals surface area contributed by atoms with Crippen molar-refractivity contribution < 1.29 is 13.6 Å². The molecule has 1 aliphatic heterocycles. The largest absolute Gasteiger partial charge is 0.352 e. The van der Waals surface area contributed by atoms with Gasteiger partial charge in [-0.1, -0.05) is 12.2 Å². The van der Waals surface area contributed by atoms with Crippen molar-refractivity contribution >= 4 is 35.8 Å². The Kier molecular flexibility index (Phi) is 8.45. The van der Waals surface area contributed by atoms with Crippen LogP contribution in [0.2, 0.25) is 0 Å². The number of rotatable bonds is 4. The van der Waals surface area contributed by atoms with Crippen LogP contribution in [0.1, 0.15) is 18.1 Å². The predicted molar refractivity (Wildman–Crippen MR) is 110 cm³/mol. The van der Waals surface area contributed by atoms with E-state index in [9.17, 15) is 13.6 Å². The highest BCUT2D eigenvalue weighted by Gasteiger charge is 2.23. The third-order valence-corrected chi connectivity index (χ3v) is 3.96. The molecule has 1 aliphatic rings. The molecule has 0 spiro atoms. The number of aliphatic imine (C=N–C) groups is 1. The fourth-order valence-electron chi connectivity index (χ4n) is 2.57. The number of guanidine groups is 1. The van der Waals surface area contributed by atoms with Crippen molar-refractivity contribution in [1.82, 2.24) is 15.1 Å². The van der Waals surface area contributed by atoms with Gasteiger partial charge in [-0.2, -0.15) is 0 Å². The Labute approximate surface area is 170 Å². The first-order valence-corrected chi connectivity index (χ1v) is 8.12. The molecule has 1 aromatic carbocycles. The van der Waals surface area contributed by atoms with Crippen LogP contribution in [0.15, 0.2) is 29.3 Å². The van der Waals surface area contributed by atoms with Crippen LogP contribution in [0.3, 0.4) is 0 Å². The highest BCUT2D eigenvalue weighted by atomic mass is 127. The quantitative estimate of drug-likeness (QED) is 0.313. The number of carbonyl (C=O) groups excluding carboxylic acids is 1. The minimum atomic E-state index is -0.589. The summed E-state index contributed by atoms with van der Waals surface area (Å²) in [6, 6.07) is 2.27. The lowest BCUT2D eigenvalue weighted by atomic mass is 9.99. The van der Waals surface area contributed by atoms with E-state index in [1.54, 1.807) is 14.1 Å². The Morgan fingerprint density at radius 2 is 2.08 bits per heavy atom. The molecule has 8 heteroatoms. The van der Waals surface area contributed by atoms with Crippen LogP contribution < -0.4 is 5.32 Å². The number of hydrogen-bond donors (Lipinski definition) is 1. The Balaban J connectivity index is 0.00000338. The van der Waals surface area contributed by atoms with Gasteiger partial charge in [-0.05, 0) is 30.5 Å². The van der Waals surface area contributed by atoms with Crippen LogP contribution in [-0.2, 0) is 17.8 Å². The van der Waals surface area contributed by atoms with Gasteiger partial charge in [0.15, 0.2) is 5.96 Å². The number of fused-ring (bicyclic) bond motifs is 1. The second-order valence-corrected chi connectivity index (χ2v) is 6.44. The minimum absolute atomic E-state index is 0. The Morgan fingerprint density at radius 1 is 1.38 bits per heavy atom. The van der Waals surface area contributed by atoms with E-state index >= 15 is 0 Å². The van der Waals surface area contributed by atoms with Crippen LogP contribution in [0, 0.1) is 11.6 Å². The molecule has 26 heavy (non-hydrogen) atoms. The van der Waals surface area contributed by atoms with E-state index in [4.69, 9.17) is 0 Å². The van der Waals surface area contributed by atoms with Crippen LogP contribution in [0.5, 0.6) is 0 Å². The third kappa shape index (κ3) is 5.93. The van der Waals surface area contributed by atoms with Gasteiger partial charge in [0.2, 0.25) is 5.91 Å². The number of carbonyl (C=O) groups is 1.